The molecule has 0 aliphatic carbocycles. The minimum absolute atomic E-state index is 0.0508. The lowest BCUT2D eigenvalue weighted by molar-refractivity contribution is -0.123. The van der Waals surface area contributed by atoms with E-state index in [4.69, 9.17) is 10.5 Å². The Kier molecular flexibility index (Phi) is 4.80. The van der Waals surface area contributed by atoms with Gasteiger partial charge in [0.1, 0.15) is 5.75 Å². The highest BCUT2D eigenvalue weighted by atomic mass is 79.9. The first-order valence-corrected chi connectivity index (χ1v) is 7.44. The third-order valence-electron chi connectivity index (χ3n) is 3.55. The van der Waals surface area contributed by atoms with Gasteiger partial charge in [-0.05, 0) is 30.7 Å². The van der Waals surface area contributed by atoms with Gasteiger partial charge in [0.15, 0.2) is 5.78 Å². The molecule has 0 amide bonds. The molecule has 0 aliphatic heterocycles. The van der Waals surface area contributed by atoms with E-state index in [1.165, 1.54) is 0 Å². The van der Waals surface area contributed by atoms with Gasteiger partial charge in [0.25, 0.3) is 0 Å². The number of nitrogens with two attached hydrogens (primary N) is 1. The third kappa shape index (κ3) is 3.52. The van der Waals surface area contributed by atoms with E-state index in [-0.39, 0.29) is 12.2 Å². The molecule has 2 rings (SSSR count). The van der Waals surface area contributed by atoms with E-state index in [1.54, 1.807) is 14.0 Å². The Bertz CT molecular complexity index is 638. The number of benzene rings is 2. The van der Waals surface area contributed by atoms with E-state index >= 15 is 0 Å². The molecule has 4 heteroatoms. The van der Waals surface area contributed by atoms with E-state index < -0.39 is 5.54 Å². The summed E-state index contributed by atoms with van der Waals surface area (Å²) in [7, 11) is 1.59. The standard InChI is InChI=1S/C17H18BrNO2/c1-17(19,13-6-4-3-5-7-13)16(20)11-12-10-14(18)8-9-15(12)21-2/h3-10H,11,19H2,1-2H3. The second-order valence-electron chi connectivity index (χ2n) is 5.12. The number of carbonyl (C=O) groups is 1. The van der Waals surface area contributed by atoms with Crippen molar-refractivity contribution in [1.29, 1.82) is 0 Å². The average Bonchev–Trinajstić information content (AvgIpc) is 2.48. The van der Waals surface area contributed by atoms with Crippen LogP contribution in [0, 0.1) is 0 Å². The number of carbonyl (C=O) groups excluding carboxylic acids is 1. The minimum Gasteiger partial charge on any atom is -0.496 e. The van der Waals surface area contributed by atoms with Crippen LogP contribution in [0.4, 0.5) is 0 Å². The first kappa shape index (κ1) is 15.7. The van der Waals surface area contributed by atoms with Gasteiger partial charge in [-0.2, -0.15) is 0 Å². The number of methoxy groups -OCH3 is 1. The Hall–Kier alpha value is -1.65. The minimum atomic E-state index is -1.02. The van der Waals surface area contributed by atoms with Crippen molar-refractivity contribution in [2.45, 2.75) is 18.9 Å². The summed E-state index contributed by atoms with van der Waals surface area (Å²) in [4.78, 5) is 12.6. The Morgan fingerprint density at radius 1 is 1.24 bits per heavy atom. The van der Waals surface area contributed by atoms with Crippen molar-refractivity contribution in [2.75, 3.05) is 7.11 Å². The van der Waals surface area contributed by atoms with Crippen LogP contribution in [0.15, 0.2) is 53.0 Å². The summed E-state index contributed by atoms with van der Waals surface area (Å²) in [5.41, 5.74) is 6.87. The van der Waals surface area contributed by atoms with Gasteiger partial charge in [-0.25, -0.2) is 0 Å². The van der Waals surface area contributed by atoms with Crippen molar-refractivity contribution in [3.63, 3.8) is 0 Å². The number of ketones is 1. The summed E-state index contributed by atoms with van der Waals surface area (Å²) in [5, 5.41) is 0. The van der Waals surface area contributed by atoms with Crippen molar-refractivity contribution in [2.24, 2.45) is 5.73 Å². The maximum Gasteiger partial charge on any atom is 0.161 e. The molecule has 1 unspecified atom stereocenters. The normalized spacial score (nSPS) is 13.5. The fourth-order valence-corrected chi connectivity index (χ4v) is 2.60. The van der Waals surface area contributed by atoms with Crippen LogP contribution in [0.1, 0.15) is 18.1 Å². The van der Waals surface area contributed by atoms with E-state index in [0.29, 0.717) is 5.75 Å². The van der Waals surface area contributed by atoms with Crippen LogP contribution in [-0.4, -0.2) is 12.9 Å². The number of rotatable bonds is 5. The van der Waals surface area contributed by atoms with Gasteiger partial charge in [-0.15, -0.1) is 0 Å². The van der Waals surface area contributed by atoms with Crippen LogP contribution < -0.4 is 10.5 Å². The summed E-state index contributed by atoms with van der Waals surface area (Å²) >= 11 is 3.41. The van der Waals surface area contributed by atoms with Crippen LogP contribution in [0.5, 0.6) is 5.75 Å². The zero-order chi connectivity index (χ0) is 15.5. The first-order valence-electron chi connectivity index (χ1n) is 6.65. The number of ether oxygens (including phenoxy) is 1. The summed E-state index contributed by atoms with van der Waals surface area (Å²) < 4.78 is 6.21. The molecule has 0 radical (unpaired) electrons. The molecule has 0 saturated heterocycles. The summed E-state index contributed by atoms with van der Waals surface area (Å²) in [5.74, 6) is 0.639. The van der Waals surface area contributed by atoms with Gasteiger partial charge in [-0.1, -0.05) is 46.3 Å². The molecule has 2 N–H and O–H groups in total. The highest BCUT2D eigenvalue weighted by Gasteiger charge is 2.30. The van der Waals surface area contributed by atoms with E-state index in [0.717, 1.165) is 15.6 Å². The zero-order valence-corrected chi connectivity index (χ0v) is 13.7. The molecular weight excluding hydrogens is 330 g/mol. The average molecular weight is 348 g/mol. The highest BCUT2D eigenvalue weighted by molar-refractivity contribution is 9.10. The smallest absolute Gasteiger partial charge is 0.161 e. The van der Waals surface area contributed by atoms with Gasteiger partial charge in [-0.3, -0.25) is 4.79 Å². The van der Waals surface area contributed by atoms with Crippen LogP contribution in [0.25, 0.3) is 0 Å². The number of hydrogen-bond donors (Lipinski definition) is 1. The Morgan fingerprint density at radius 2 is 1.90 bits per heavy atom. The molecule has 0 fully saturated rings. The van der Waals surface area contributed by atoms with Gasteiger partial charge in [0, 0.05) is 16.5 Å². The summed E-state index contributed by atoms with van der Waals surface area (Å²) in [6, 6.07) is 15.0. The van der Waals surface area contributed by atoms with Gasteiger partial charge >= 0.3 is 0 Å². The van der Waals surface area contributed by atoms with Crippen molar-refractivity contribution < 1.29 is 9.53 Å². The van der Waals surface area contributed by atoms with Crippen LogP contribution >= 0.6 is 15.9 Å². The first-order chi connectivity index (χ1) is 9.95. The predicted octanol–water partition coefficient (Wildman–Crippen LogP) is 3.44. The topological polar surface area (TPSA) is 52.3 Å². The van der Waals surface area contributed by atoms with Crippen LogP contribution in [0.3, 0.4) is 0 Å². The highest BCUT2D eigenvalue weighted by Crippen LogP contribution is 2.27. The number of Topliss-reactive ketones (excluding diaryl/α,β-unsaturated/α-hetero) is 1. The lowest BCUT2D eigenvalue weighted by atomic mass is 9.85. The molecule has 2 aromatic rings. The monoisotopic (exact) mass is 347 g/mol. The molecule has 0 heterocycles. The van der Waals surface area contributed by atoms with Gasteiger partial charge < -0.3 is 10.5 Å². The van der Waals surface area contributed by atoms with E-state index in [1.807, 2.05) is 48.5 Å². The fraction of sp³-hybridized carbons (Fsp3) is 0.235. The van der Waals surface area contributed by atoms with E-state index in [9.17, 15) is 4.79 Å². The molecular formula is C17H18BrNO2. The molecule has 0 bridgehead atoms. The lowest BCUT2D eigenvalue weighted by Gasteiger charge is -2.24. The van der Waals surface area contributed by atoms with E-state index in [2.05, 4.69) is 15.9 Å². The maximum absolute atomic E-state index is 12.6. The Labute approximate surface area is 133 Å². The molecule has 0 aromatic heterocycles. The molecule has 2 aromatic carbocycles. The molecule has 110 valence electrons. The Morgan fingerprint density at radius 3 is 2.52 bits per heavy atom. The molecule has 0 saturated carbocycles. The van der Waals surface area contributed by atoms with Crippen molar-refractivity contribution in [3.05, 3.63) is 64.1 Å². The Balaban J connectivity index is 2.27. The number of halogens is 1. The third-order valence-corrected chi connectivity index (χ3v) is 4.04. The van der Waals surface area contributed by atoms with Crippen molar-refractivity contribution >= 4 is 21.7 Å². The molecule has 1 atom stereocenters. The van der Waals surface area contributed by atoms with Gasteiger partial charge in [0.05, 0.1) is 12.6 Å². The lowest BCUT2D eigenvalue weighted by Crippen LogP contribution is -2.42. The predicted molar refractivity (Wildman–Crippen MR) is 87.4 cm³/mol. The fourth-order valence-electron chi connectivity index (χ4n) is 2.19. The second kappa shape index (κ2) is 6.41. The quantitative estimate of drug-likeness (QED) is 0.901. The number of hydrogen-bond acceptors (Lipinski definition) is 3. The molecule has 21 heavy (non-hydrogen) atoms. The van der Waals surface area contributed by atoms with Crippen LogP contribution in [0.2, 0.25) is 0 Å². The van der Waals surface area contributed by atoms with Crippen LogP contribution in [-0.2, 0) is 16.8 Å². The largest absolute Gasteiger partial charge is 0.496 e. The van der Waals surface area contributed by atoms with Crippen molar-refractivity contribution in [3.8, 4) is 5.75 Å². The van der Waals surface area contributed by atoms with Crippen molar-refractivity contribution in [1.82, 2.24) is 0 Å². The summed E-state index contributed by atoms with van der Waals surface area (Å²) in [6.45, 7) is 1.75. The molecule has 3 nitrogen and oxygen atoms in total. The molecule has 0 spiro atoms. The van der Waals surface area contributed by atoms with Gasteiger partial charge in [0.2, 0.25) is 0 Å². The summed E-state index contributed by atoms with van der Waals surface area (Å²) in [6.07, 6.45) is 0.227. The zero-order valence-electron chi connectivity index (χ0n) is 12.1. The SMILES string of the molecule is COc1ccc(Br)cc1CC(=O)C(C)(N)c1ccccc1. The second-order valence-corrected chi connectivity index (χ2v) is 6.04. The maximum atomic E-state index is 12.6. The molecule has 0 aliphatic rings.